The van der Waals surface area contributed by atoms with Gasteiger partial charge in [0.05, 0.1) is 22.8 Å². The summed E-state index contributed by atoms with van der Waals surface area (Å²) in [6.45, 7) is 4.21. The molecule has 0 spiro atoms. The van der Waals surface area contributed by atoms with Gasteiger partial charge in [0.1, 0.15) is 18.0 Å². The molecule has 0 radical (unpaired) electrons. The fourth-order valence-electron chi connectivity index (χ4n) is 8.75. The summed E-state index contributed by atoms with van der Waals surface area (Å²) >= 11 is 1.50. The van der Waals surface area contributed by atoms with Gasteiger partial charge in [0.2, 0.25) is 0 Å². The molecule has 264 valence electrons. The molecule has 7 atom stereocenters. The molecule has 6 aliphatic rings. The Bertz CT molecular complexity index is 1380. The van der Waals surface area contributed by atoms with Gasteiger partial charge in [-0.05, 0) is 113 Å². The molecule has 3 fully saturated rings. The molecule has 1 aromatic rings. The number of hydrogen-bond acceptors (Lipinski definition) is 9. The first kappa shape index (κ1) is 34.4. The fourth-order valence-corrected chi connectivity index (χ4v) is 9.82. The smallest absolute Gasteiger partial charge is 0.200 e. The van der Waals surface area contributed by atoms with E-state index >= 15 is 0 Å². The van der Waals surface area contributed by atoms with Crippen molar-refractivity contribution < 1.29 is 34.6 Å². The number of hydrogen-bond donors (Lipinski definition) is 4. The fraction of sp³-hybridized carbons (Fsp3) is 0.718. The van der Waals surface area contributed by atoms with Crippen molar-refractivity contribution in [2.75, 3.05) is 0 Å². The van der Waals surface area contributed by atoms with Gasteiger partial charge in [-0.15, -0.1) is 11.3 Å². The number of allylic oxidation sites excluding steroid dienone is 2. The number of rotatable bonds is 13. The molecule has 9 heteroatoms. The van der Waals surface area contributed by atoms with E-state index in [-0.39, 0.29) is 42.0 Å². The largest absolute Gasteiger partial charge is 0.482 e. The van der Waals surface area contributed by atoms with E-state index < -0.39 is 18.7 Å². The van der Waals surface area contributed by atoms with Crippen molar-refractivity contribution in [3.8, 4) is 0 Å². The third-order valence-corrected chi connectivity index (χ3v) is 13.0. The van der Waals surface area contributed by atoms with Gasteiger partial charge >= 0.3 is 0 Å². The summed E-state index contributed by atoms with van der Waals surface area (Å²) in [5.41, 5.74) is 2.03. The highest BCUT2D eigenvalue weighted by atomic mass is 32.1. The molecule has 0 saturated heterocycles. The number of fused-ring (bicyclic) bond motifs is 2. The van der Waals surface area contributed by atoms with E-state index in [0.29, 0.717) is 24.0 Å². The van der Waals surface area contributed by atoms with E-state index in [1.54, 1.807) is 0 Å². The normalized spacial score (nSPS) is 34.1. The van der Waals surface area contributed by atoms with E-state index in [1.807, 2.05) is 13.0 Å². The summed E-state index contributed by atoms with van der Waals surface area (Å²) in [6.07, 6.45) is 20.4. The lowest BCUT2D eigenvalue weighted by atomic mass is 9.78. The molecule has 0 amide bonds. The van der Waals surface area contributed by atoms with Crippen LogP contribution in [0.5, 0.6) is 0 Å². The Hall–Kier alpha value is -2.01. The van der Waals surface area contributed by atoms with Crippen molar-refractivity contribution >= 4 is 22.9 Å². The number of nitrogens with zero attached hydrogens (tertiary/aromatic N) is 1. The van der Waals surface area contributed by atoms with Gasteiger partial charge in [0.25, 0.3) is 0 Å². The van der Waals surface area contributed by atoms with Crippen molar-refractivity contribution in [1.82, 2.24) is 4.98 Å². The third kappa shape index (κ3) is 7.38. The standard InChI is InChI=1S/C39H55NO7S/c1-3-6-25-7-5-8-28-21-32(45-35(25)28)37-40-33-30(46-38(43)27-17-13-24(14-18-27)34(42)23-11-12-23)19-20-31(36(33)48-37)47-39(44)26-15-9-22(10-16-26)29(41)4-2/h5,7-8,20-24,26-30,34-35,38-39,41-44H,3-4,6,9-19H2,1-2H3. The first-order valence-electron chi connectivity index (χ1n) is 18.8. The molecular formula is C39H55NO7S. The van der Waals surface area contributed by atoms with Crippen LogP contribution in [0.25, 0.3) is 11.5 Å². The lowest BCUT2D eigenvalue weighted by Gasteiger charge is -2.35. The molecular weight excluding hydrogens is 626 g/mol. The van der Waals surface area contributed by atoms with Gasteiger partial charge in [-0.3, -0.25) is 0 Å². The molecule has 4 N–H and O–H groups in total. The Labute approximate surface area is 289 Å². The minimum absolute atomic E-state index is 0.00552. The summed E-state index contributed by atoms with van der Waals surface area (Å²) in [7, 11) is 0. The van der Waals surface area contributed by atoms with Gasteiger partial charge in [-0.2, -0.15) is 0 Å². The molecule has 1 aromatic heterocycles. The Balaban J connectivity index is 1.06. The maximum absolute atomic E-state index is 11.3. The quantitative estimate of drug-likeness (QED) is 0.159. The second-order valence-electron chi connectivity index (χ2n) is 15.2. The van der Waals surface area contributed by atoms with Crippen molar-refractivity contribution in [2.24, 2.45) is 35.5 Å². The van der Waals surface area contributed by atoms with Crippen LogP contribution in [0.2, 0.25) is 0 Å². The lowest BCUT2D eigenvalue weighted by Crippen LogP contribution is -2.34. The zero-order valence-corrected chi connectivity index (χ0v) is 29.4. The van der Waals surface area contributed by atoms with Crippen molar-refractivity contribution in [1.29, 1.82) is 0 Å². The third-order valence-electron chi connectivity index (χ3n) is 11.9. The topological polar surface area (TPSA) is 122 Å². The number of ether oxygens (including phenoxy) is 3. The van der Waals surface area contributed by atoms with Crippen LogP contribution in [0.4, 0.5) is 0 Å². The average Bonchev–Trinajstić information content (AvgIpc) is 3.70. The van der Waals surface area contributed by atoms with Gasteiger partial charge in [0, 0.05) is 24.2 Å². The zero-order valence-electron chi connectivity index (χ0n) is 28.6. The SMILES string of the molecule is CCCC1=CC=CC2C=C(c3nc4c(s3)C(OC(O)C3CCC(C(O)CC)CC3)=CCC4OC(O)C3CCC(C(O)C4CC4)CC3)OC12. The van der Waals surface area contributed by atoms with Crippen LogP contribution < -0.4 is 0 Å². The number of aromatic nitrogens is 1. The van der Waals surface area contributed by atoms with Gasteiger partial charge in [-0.1, -0.05) is 38.5 Å². The minimum atomic E-state index is -0.949. The van der Waals surface area contributed by atoms with Crippen LogP contribution >= 0.6 is 11.3 Å². The first-order valence-corrected chi connectivity index (χ1v) is 19.7. The van der Waals surface area contributed by atoms with E-state index in [9.17, 15) is 20.4 Å². The second kappa shape index (κ2) is 15.1. The monoisotopic (exact) mass is 681 g/mol. The first-order chi connectivity index (χ1) is 23.3. The highest BCUT2D eigenvalue weighted by molar-refractivity contribution is 7.13. The van der Waals surface area contributed by atoms with Crippen molar-refractivity contribution in [2.45, 2.75) is 141 Å². The maximum Gasteiger partial charge on any atom is 0.200 e. The Kier molecular flexibility index (Phi) is 10.8. The lowest BCUT2D eigenvalue weighted by molar-refractivity contribution is -0.177. The van der Waals surface area contributed by atoms with Gasteiger partial charge in [-0.25, -0.2) is 4.98 Å². The van der Waals surface area contributed by atoms with Gasteiger partial charge < -0.3 is 34.6 Å². The Morgan fingerprint density at radius 3 is 2.19 bits per heavy atom. The Morgan fingerprint density at radius 1 is 0.875 bits per heavy atom. The summed E-state index contributed by atoms with van der Waals surface area (Å²) in [5.74, 6) is 2.67. The highest BCUT2D eigenvalue weighted by Gasteiger charge is 2.41. The Morgan fingerprint density at radius 2 is 1.52 bits per heavy atom. The zero-order chi connectivity index (χ0) is 33.4. The molecule has 5 aliphatic carbocycles. The van der Waals surface area contributed by atoms with Crippen LogP contribution in [0.1, 0.15) is 125 Å². The van der Waals surface area contributed by atoms with Gasteiger partial charge in [0.15, 0.2) is 23.3 Å². The van der Waals surface area contributed by atoms with E-state index in [1.165, 1.54) is 16.9 Å². The molecule has 2 heterocycles. The minimum Gasteiger partial charge on any atom is -0.482 e. The summed E-state index contributed by atoms with van der Waals surface area (Å²) < 4.78 is 19.3. The molecule has 3 saturated carbocycles. The number of aliphatic hydroxyl groups excluding tert-OH is 4. The predicted molar refractivity (Wildman–Crippen MR) is 186 cm³/mol. The number of aliphatic hydroxyl groups is 4. The average molecular weight is 682 g/mol. The van der Waals surface area contributed by atoms with E-state index in [4.69, 9.17) is 19.2 Å². The number of thiazole rings is 1. The molecule has 1 aliphatic heterocycles. The molecule has 8 nitrogen and oxygen atoms in total. The summed E-state index contributed by atoms with van der Waals surface area (Å²) in [6, 6.07) is 0. The molecule has 7 rings (SSSR count). The van der Waals surface area contributed by atoms with Crippen LogP contribution in [-0.2, 0) is 14.2 Å². The molecule has 7 unspecified atom stereocenters. The van der Waals surface area contributed by atoms with Crippen molar-refractivity contribution in [3.63, 3.8) is 0 Å². The molecule has 48 heavy (non-hydrogen) atoms. The predicted octanol–water partition coefficient (Wildman–Crippen LogP) is 7.41. The van der Waals surface area contributed by atoms with E-state index in [2.05, 4.69) is 31.2 Å². The van der Waals surface area contributed by atoms with Crippen LogP contribution in [-0.4, -0.2) is 56.3 Å². The van der Waals surface area contributed by atoms with Crippen LogP contribution in [0.3, 0.4) is 0 Å². The van der Waals surface area contributed by atoms with Crippen LogP contribution in [0.15, 0.2) is 36.0 Å². The molecule has 0 aromatic carbocycles. The molecule has 0 bridgehead atoms. The highest BCUT2D eigenvalue weighted by Crippen LogP contribution is 2.47. The van der Waals surface area contributed by atoms with Crippen molar-refractivity contribution in [3.05, 3.63) is 51.5 Å². The summed E-state index contributed by atoms with van der Waals surface area (Å²) in [4.78, 5) is 5.91. The van der Waals surface area contributed by atoms with E-state index in [0.717, 1.165) is 105 Å². The maximum atomic E-state index is 11.3. The second-order valence-corrected chi connectivity index (χ2v) is 16.2. The van der Waals surface area contributed by atoms with Crippen LogP contribution in [0, 0.1) is 35.5 Å². The summed E-state index contributed by atoms with van der Waals surface area (Å²) in [5, 5.41) is 44.4.